The van der Waals surface area contributed by atoms with Gasteiger partial charge < -0.3 is 14.4 Å². The summed E-state index contributed by atoms with van der Waals surface area (Å²) in [4.78, 5) is 37.0. The fourth-order valence-electron chi connectivity index (χ4n) is 3.33. The smallest absolute Gasteiger partial charge is 0.373 e. The van der Waals surface area contributed by atoms with Crippen molar-refractivity contribution in [1.82, 2.24) is 4.57 Å². The standard InChI is InChI=1S/C24H23NO5/c1-30-24(29)22(27)14-21(26)20-13-19(12-17-8-4-2-5-9-17)16-25(23(20)28)15-18-10-6-3-7-11-18/h2-8,10-11,13-14,16-17,27H,9,12,15H2,1H3/b22-14-. The normalized spacial score (nSPS) is 15.8. The van der Waals surface area contributed by atoms with Crippen LogP contribution in [0, 0.1) is 5.92 Å². The first-order chi connectivity index (χ1) is 14.5. The second kappa shape index (κ2) is 9.69. The summed E-state index contributed by atoms with van der Waals surface area (Å²) in [6.45, 7) is 0.306. The fraction of sp³-hybridized carbons (Fsp3) is 0.208. The third kappa shape index (κ3) is 5.23. The Morgan fingerprint density at radius 3 is 2.63 bits per heavy atom. The number of benzene rings is 1. The lowest BCUT2D eigenvalue weighted by atomic mass is 9.93. The van der Waals surface area contributed by atoms with Crippen LogP contribution in [0.4, 0.5) is 0 Å². The van der Waals surface area contributed by atoms with Gasteiger partial charge in [0.1, 0.15) is 0 Å². The molecule has 1 aliphatic rings. The number of ether oxygens (including phenoxy) is 1. The lowest BCUT2D eigenvalue weighted by Gasteiger charge is -2.16. The molecule has 0 amide bonds. The number of hydrogen-bond acceptors (Lipinski definition) is 5. The van der Waals surface area contributed by atoms with Gasteiger partial charge in [-0.05, 0) is 36.0 Å². The molecule has 1 aromatic carbocycles. The van der Waals surface area contributed by atoms with Crippen molar-refractivity contribution in [2.24, 2.45) is 5.92 Å². The number of aliphatic hydroxyl groups is 1. The molecule has 0 spiro atoms. The topological polar surface area (TPSA) is 85.6 Å². The summed E-state index contributed by atoms with van der Waals surface area (Å²) < 4.78 is 5.89. The number of hydrogen-bond donors (Lipinski definition) is 1. The molecule has 1 atom stereocenters. The van der Waals surface area contributed by atoms with Gasteiger partial charge in [0.05, 0.1) is 19.2 Å². The first-order valence-electron chi connectivity index (χ1n) is 9.62. The van der Waals surface area contributed by atoms with E-state index in [0.717, 1.165) is 30.7 Å². The van der Waals surface area contributed by atoms with Gasteiger partial charge in [-0.15, -0.1) is 0 Å². The molecule has 6 heteroatoms. The molecule has 1 heterocycles. The molecule has 1 N–H and O–H groups in total. The van der Waals surface area contributed by atoms with Crippen molar-refractivity contribution < 1.29 is 19.4 Å². The number of carbonyl (C=O) groups is 2. The minimum atomic E-state index is -1.04. The summed E-state index contributed by atoms with van der Waals surface area (Å²) in [5.41, 5.74) is 1.16. The number of carbonyl (C=O) groups excluding carboxylic acids is 2. The van der Waals surface area contributed by atoms with Crippen molar-refractivity contribution in [3.8, 4) is 0 Å². The Labute approximate surface area is 174 Å². The first-order valence-corrected chi connectivity index (χ1v) is 9.62. The molecule has 3 rings (SSSR count). The molecule has 0 saturated carbocycles. The summed E-state index contributed by atoms with van der Waals surface area (Å²) in [7, 11) is 1.09. The summed E-state index contributed by atoms with van der Waals surface area (Å²) >= 11 is 0. The van der Waals surface area contributed by atoms with Crippen LogP contribution in [0.2, 0.25) is 0 Å². The van der Waals surface area contributed by atoms with Crippen LogP contribution in [0.3, 0.4) is 0 Å². The number of allylic oxidation sites excluding steroid dienone is 5. The third-order valence-electron chi connectivity index (χ3n) is 4.83. The van der Waals surface area contributed by atoms with Crippen LogP contribution >= 0.6 is 0 Å². The van der Waals surface area contributed by atoms with Gasteiger partial charge in [-0.3, -0.25) is 9.59 Å². The highest BCUT2D eigenvalue weighted by Crippen LogP contribution is 2.18. The van der Waals surface area contributed by atoms with Crippen LogP contribution in [-0.2, 0) is 22.5 Å². The van der Waals surface area contributed by atoms with E-state index in [0.29, 0.717) is 13.0 Å². The second-order valence-electron chi connectivity index (χ2n) is 7.08. The third-order valence-corrected chi connectivity index (χ3v) is 4.83. The number of methoxy groups -OCH3 is 1. The molecule has 1 aromatic heterocycles. The summed E-state index contributed by atoms with van der Waals surface area (Å²) in [5, 5.41) is 9.72. The maximum atomic E-state index is 13.0. The van der Waals surface area contributed by atoms with Gasteiger partial charge in [0, 0.05) is 12.3 Å². The molecule has 0 saturated heterocycles. The molecule has 1 aliphatic carbocycles. The van der Waals surface area contributed by atoms with Crippen molar-refractivity contribution in [3.05, 3.63) is 106 Å². The predicted octanol–water partition coefficient (Wildman–Crippen LogP) is 3.37. The van der Waals surface area contributed by atoms with E-state index in [-0.39, 0.29) is 11.5 Å². The van der Waals surface area contributed by atoms with Gasteiger partial charge in [-0.1, -0.05) is 54.6 Å². The molecule has 1 unspecified atom stereocenters. The highest BCUT2D eigenvalue weighted by atomic mass is 16.5. The molecule has 0 radical (unpaired) electrons. The predicted molar refractivity (Wildman–Crippen MR) is 113 cm³/mol. The van der Waals surface area contributed by atoms with Crippen molar-refractivity contribution in [1.29, 1.82) is 0 Å². The summed E-state index contributed by atoms with van der Waals surface area (Å²) in [5.74, 6) is -2.37. The van der Waals surface area contributed by atoms with Crippen LogP contribution < -0.4 is 5.56 Å². The van der Waals surface area contributed by atoms with Gasteiger partial charge in [-0.2, -0.15) is 0 Å². The lowest BCUT2D eigenvalue weighted by Crippen LogP contribution is -2.27. The maximum absolute atomic E-state index is 13.0. The Kier molecular flexibility index (Phi) is 6.80. The number of ketones is 1. The average molecular weight is 405 g/mol. The largest absolute Gasteiger partial charge is 0.502 e. The molecule has 0 bridgehead atoms. The zero-order valence-electron chi connectivity index (χ0n) is 16.7. The molecule has 6 nitrogen and oxygen atoms in total. The van der Waals surface area contributed by atoms with Gasteiger partial charge in [-0.25, -0.2) is 4.79 Å². The number of aromatic nitrogens is 1. The van der Waals surface area contributed by atoms with E-state index < -0.39 is 23.1 Å². The van der Waals surface area contributed by atoms with Crippen LogP contribution in [-0.4, -0.2) is 28.5 Å². The molecule has 2 aromatic rings. The summed E-state index contributed by atoms with van der Waals surface area (Å²) in [6.07, 6.45) is 12.2. The zero-order valence-corrected chi connectivity index (χ0v) is 16.7. The van der Waals surface area contributed by atoms with Gasteiger partial charge in [0.2, 0.25) is 5.76 Å². The van der Waals surface area contributed by atoms with Crippen LogP contribution in [0.25, 0.3) is 0 Å². The molecule has 0 aliphatic heterocycles. The Morgan fingerprint density at radius 2 is 1.97 bits per heavy atom. The quantitative estimate of drug-likeness (QED) is 0.330. The molecule has 154 valence electrons. The molecule has 30 heavy (non-hydrogen) atoms. The average Bonchev–Trinajstić information content (AvgIpc) is 2.76. The van der Waals surface area contributed by atoms with Crippen LogP contribution in [0.1, 0.15) is 27.9 Å². The van der Waals surface area contributed by atoms with Gasteiger partial charge >= 0.3 is 5.97 Å². The second-order valence-corrected chi connectivity index (χ2v) is 7.08. The van der Waals surface area contributed by atoms with Crippen LogP contribution in [0.15, 0.2) is 83.5 Å². The van der Waals surface area contributed by atoms with E-state index >= 15 is 0 Å². The van der Waals surface area contributed by atoms with E-state index in [4.69, 9.17) is 0 Å². The monoisotopic (exact) mass is 405 g/mol. The first kappa shape index (κ1) is 21.0. The Hall–Kier alpha value is -3.67. The number of esters is 1. The van der Waals surface area contributed by atoms with E-state index in [1.165, 1.54) is 4.57 Å². The molecule has 0 fully saturated rings. The summed E-state index contributed by atoms with van der Waals surface area (Å²) in [6, 6.07) is 11.0. The minimum Gasteiger partial charge on any atom is -0.502 e. The fourth-order valence-corrected chi connectivity index (χ4v) is 3.33. The van der Waals surface area contributed by atoms with Crippen molar-refractivity contribution >= 4 is 11.8 Å². The van der Waals surface area contributed by atoms with E-state index in [9.17, 15) is 19.5 Å². The van der Waals surface area contributed by atoms with Gasteiger partial charge in [0.15, 0.2) is 5.78 Å². The number of aliphatic hydroxyl groups excluding tert-OH is 1. The number of rotatable bonds is 7. The van der Waals surface area contributed by atoms with Crippen LogP contribution in [0.5, 0.6) is 0 Å². The van der Waals surface area contributed by atoms with Crippen molar-refractivity contribution in [2.75, 3.05) is 7.11 Å². The lowest BCUT2D eigenvalue weighted by molar-refractivity contribution is -0.139. The Morgan fingerprint density at radius 1 is 1.20 bits per heavy atom. The number of pyridine rings is 1. The Bertz CT molecular complexity index is 1080. The zero-order chi connectivity index (χ0) is 21.5. The molecular formula is C24H23NO5. The highest BCUT2D eigenvalue weighted by molar-refractivity contribution is 6.07. The van der Waals surface area contributed by atoms with Crippen molar-refractivity contribution in [2.45, 2.75) is 19.4 Å². The molecular weight excluding hydrogens is 382 g/mol. The SMILES string of the molecule is COC(=O)/C(O)=C/C(=O)c1cc(CC2C=CC=CC2)cn(Cc2ccccc2)c1=O. The maximum Gasteiger partial charge on any atom is 0.373 e. The Balaban J connectivity index is 2.00. The van der Waals surface area contributed by atoms with E-state index in [1.807, 2.05) is 42.5 Å². The van der Waals surface area contributed by atoms with Gasteiger partial charge in [0.25, 0.3) is 5.56 Å². The van der Waals surface area contributed by atoms with E-state index in [1.54, 1.807) is 12.3 Å². The minimum absolute atomic E-state index is 0.103. The highest BCUT2D eigenvalue weighted by Gasteiger charge is 2.18. The van der Waals surface area contributed by atoms with Crippen molar-refractivity contribution in [3.63, 3.8) is 0 Å². The van der Waals surface area contributed by atoms with E-state index in [2.05, 4.69) is 16.9 Å². The number of nitrogens with zero attached hydrogens (tertiary/aromatic N) is 1.